The number of rotatable bonds is 6. The molecular formula is C28H34O6. The van der Waals surface area contributed by atoms with Gasteiger partial charge in [-0.25, -0.2) is 0 Å². The van der Waals surface area contributed by atoms with Crippen molar-refractivity contribution in [2.75, 3.05) is 0 Å². The molecule has 0 aromatic carbocycles. The van der Waals surface area contributed by atoms with Crippen molar-refractivity contribution in [3.63, 3.8) is 0 Å². The first-order valence-electron chi connectivity index (χ1n) is 12.7. The highest BCUT2D eigenvalue weighted by molar-refractivity contribution is 6.54. The van der Waals surface area contributed by atoms with Gasteiger partial charge in [0.2, 0.25) is 23.0 Å². The van der Waals surface area contributed by atoms with Crippen LogP contribution in [0, 0.1) is 11.8 Å². The molecule has 4 rings (SSSR count). The number of Topliss-reactive ketones (excluding diaryl/α,β-unsaturated/α-hetero) is 5. The number of hydrogen-bond donors (Lipinski definition) is 0. The fourth-order valence-electron chi connectivity index (χ4n) is 5.81. The molecule has 34 heavy (non-hydrogen) atoms. The van der Waals surface area contributed by atoms with Gasteiger partial charge in [0.15, 0.2) is 11.5 Å². The second-order valence-corrected chi connectivity index (χ2v) is 10.9. The molecule has 0 heterocycles. The average Bonchev–Trinajstić information content (AvgIpc) is 2.81. The van der Waals surface area contributed by atoms with Gasteiger partial charge in [-0.05, 0) is 69.6 Å². The summed E-state index contributed by atoms with van der Waals surface area (Å²) >= 11 is 0. The minimum absolute atomic E-state index is 0.0149. The minimum atomic E-state index is -2.08. The Labute approximate surface area is 200 Å². The molecule has 4 aliphatic carbocycles. The Morgan fingerprint density at radius 3 is 1.68 bits per heavy atom. The highest BCUT2D eigenvalue weighted by Crippen LogP contribution is 2.43. The van der Waals surface area contributed by atoms with Gasteiger partial charge in [0.05, 0.1) is 0 Å². The predicted molar refractivity (Wildman–Crippen MR) is 126 cm³/mol. The van der Waals surface area contributed by atoms with E-state index in [-0.39, 0.29) is 35.4 Å². The number of ketones is 5. The Morgan fingerprint density at radius 2 is 1.15 bits per heavy atom. The summed E-state index contributed by atoms with van der Waals surface area (Å²) in [5.74, 6) is -2.96. The van der Waals surface area contributed by atoms with Crippen molar-refractivity contribution in [1.82, 2.24) is 0 Å². The number of allylic oxidation sites excluding steroid dienone is 4. The third-order valence-corrected chi connectivity index (χ3v) is 7.31. The number of carbonyl (C=O) groups is 5. The van der Waals surface area contributed by atoms with E-state index in [9.17, 15) is 24.0 Å². The molecule has 0 fully saturated rings. The van der Waals surface area contributed by atoms with Crippen molar-refractivity contribution in [3.05, 3.63) is 33.6 Å². The lowest BCUT2D eigenvalue weighted by molar-refractivity contribution is -0.160. The van der Waals surface area contributed by atoms with Gasteiger partial charge in [0.25, 0.3) is 5.78 Å². The van der Waals surface area contributed by atoms with Gasteiger partial charge in [-0.3, -0.25) is 24.0 Å². The molecule has 182 valence electrons. The van der Waals surface area contributed by atoms with Crippen molar-refractivity contribution in [1.29, 1.82) is 0 Å². The van der Waals surface area contributed by atoms with Gasteiger partial charge < -0.3 is 4.74 Å². The molecule has 6 nitrogen and oxygen atoms in total. The molecule has 1 unspecified atom stereocenters. The summed E-state index contributed by atoms with van der Waals surface area (Å²) in [4.78, 5) is 67.7. The van der Waals surface area contributed by atoms with E-state index in [1.165, 1.54) is 0 Å². The van der Waals surface area contributed by atoms with Crippen LogP contribution in [-0.2, 0) is 28.7 Å². The van der Waals surface area contributed by atoms with Gasteiger partial charge >= 0.3 is 0 Å². The van der Waals surface area contributed by atoms with Crippen LogP contribution in [0.5, 0.6) is 0 Å². The number of hydrogen-bond acceptors (Lipinski definition) is 6. The van der Waals surface area contributed by atoms with Gasteiger partial charge in [-0.1, -0.05) is 27.7 Å². The smallest absolute Gasteiger partial charge is 0.254 e. The lowest BCUT2D eigenvalue weighted by atomic mass is 9.69. The van der Waals surface area contributed by atoms with Gasteiger partial charge in [0, 0.05) is 34.3 Å². The Morgan fingerprint density at radius 1 is 0.647 bits per heavy atom. The first kappa shape index (κ1) is 24.5. The van der Waals surface area contributed by atoms with Crippen LogP contribution in [0.2, 0.25) is 0 Å². The maximum atomic E-state index is 13.9. The standard InChI is InChI=1S/C28H34O6/c1-15(2)13-21-22(29)17-9-5-6-10-18(17)23(30)25(21)34-28(14-16(3)4)26(32)20-12-8-7-11-19(20)24(31)27(28)33/h15-16H,5-14H2,1-4H3. The van der Waals surface area contributed by atoms with Crippen molar-refractivity contribution < 1.29 is 28.7 Å². The quantitative estimate of drug-likeness (QED) is 0.320. The molecular weight excluding hydrogens is 432 g/mol. The van der Waals surface area contributed by atoms with E-state index in [0.29, 0.717) is 54.4 Å². The van der Waals surface area contributed by atoms with Crippen molar-refractivity contribution in [2.45, 2.75) is 97.5 Å². The van der Waals surface area contributed by atoms with E-state index in [2.05, 4.69) is 0 Å². The van der Waals surface area contributed by atoms with Crippen LogP contribution >= 0.6 is 0 Å². The van der Waals surface area contributed by atoms with Crippen LogP contribution < -0.4 is 0 Å². The predicted octanol–water partition coefficient (Wildman–Crippen LogP) is 4.70. The molecule has 6 heteroatoms. The van der Waals surface area contributed by atoms with E-state index < -0.39 is 28.7 Å². The summed E-state index contributed by atoms with van der Waals surface area (Å²) in [6.07, 6.45) is 5.34. The summed E-state index contributed by atoms with van der Waals surface area (Å²) in [7, 11) is 0. The Kier molecular flexibility index (Phi) is 6.63. The van der Waals surface area contributed by atoms with Crippen molar-refractivity contribution in [3.8, 4) is 0 Å². The SMILES string of the molecule is CC(C)CC1=C(OC2(CC(C)C)C(=O)C(=O)C3=C(CCCC3)C2=O)C(=O)C2=C(CCCC2)C1=O. The van der Waals surface area contributed by atoms with Crippen molar-refractivity contribution in [2.24, 2.45) is 11.8 Å². The summed E-state index contributed by atoms with van der Waals surface area (Å²) in [6.45, 7) is 7.58. The van der Waals surface area contributed by atoms with Crippen LogP contribution in [0.15, 0.2) is 33.6 Å². The molecule has 0 amide bonds. The fraction of sp³-hybridized carbons (Fsp3) is 0.607. The molecule has 0 aromatic rings. The Bertz CT molecular complexity index is 1080. The number of carbonyl (C=O) groups excluding carboxylic acids is 5. The van der Waals surface area contributed by atoms with Crippen LogP contribution in [-0.4, -0.2) is 34.5 Å². The van der Waals surface area contributed by atoms with Gasteiger partial charge in [-0.2, -0.15) is 0 Å². The third kappa shape index (κ3) is 3.95. The van der Waals surface area contributed by atoms with Crippen LogP contribution in [0.3, 0.4) is 0 Å². The molecule has 1 atom stereocenters. The zero-order valence-corrected chi connectivity index (χ0v) is 20.7. The second-order valence-electron chi connectivity index (χ2n) is 10.9. The Hall–Kier alpha value is -2.63. The third-order valence-electron chi connectivity index (χ3n) is 7.31. The normalized spacial score (nSPS) is 26.1. The zero-order chi connectivity index (χ0) is 24.8. The van der Waals surface area contributed by atoms with Crippen LogP contribution in [0.25, 0.3) is 0 Å². The molecule has 0 aliphatic heterocycles. The summed E-state index contributed by atoms with van der Waals surface area (Å²) < 4.78 is 6.24. The molecule has 4 aliphatic rings. The summed E-state index contributed by atoms with van der Waals surface area (Å²) in [5, 5.41) is 0. The molecule has 0 bridgehead atoms. The first-order valence-corrected chi connectivity index (χ1v) is 12.7. The molecule has 0 radical (unpaired) electrons. The molecule has 0 spiro atoms. The highest BCUT2D eigenvalue weighted by atomic mass is 16.5. The monoisotopic (exact) mass is 466 g/mol. The highest BCUT2D eigenvalue weighted by Gasteiger charge is 2.58. The Balaban J connectivity index is 1.87. The largest absolute Gasteiger partial charge is 0.466 e. The second kappa shape index (κ2) is 9.20. The minimum Gasteiger partial charge on any atom is -0.466 e. The van der Waals surface area contributed by atoms with Gasteiger partial charge in [0.1, 0.15) is 0 Å². The summed E-state index contributed by atoms with van der Waals surface area (Å²) in [5.41, 5.74) is -0.175. The molecule has 0 N–H and O–H groups in total. The maximum Gasteiger partial charge on any atom is 0.254 e. The zero-order valence-electron chi connectivity index (χ0n) is 20.7. The van der Waals surface area contributed by atoms with Crippen LogP contribution in [0.1, 0.15) is 91.9 Å². The topological polar surface area (TPSA) is 94.6 Å². The average molecular weight is 467 g/mol. The summed E-state index contributed by atoms with van der Waals surface area (Å²) in [6, 6.07) is 0. The molecule has 0 saturated carbocycles. The van der Waals surface area contributed by atoms with E-state index in [1.54, 1.807) is 0 Å². The lowest BCUT2D eigenvalue weighted by Gasteiger charge is -2.39. The fourth-order valence-corrected chi connectivity index (χ4v) is 5.81. The van der Waals surface area contributed by atoms with E-state index in [0.717, 1.165) is 25.7 Å². The van der Waals surface area contributed by atoms with Gasteiger partial charge in [-0.15, -0.1) is 0 Å². The molecule has 0 aromatic heterocycles. The van der Waals surface area contributed by atoms with Crippen LogP contribution in [0.4, 0.5) is 0 Å². The molecule has 0 saturated heterocycles. The maximum absolute atomic E-state index is 13.9. The van der Waals surface area contributed by atoms with E-state index in [1.807, 2.05) is 27.7 Å². The van der Waals surface area contributed by atoms with E-state index in [4.69, 9.17) is 4.74 Å². The number of ether oxygens (including phenoxy) is 1. The van der Waals surface area contributed by atoms with Crippen molar-refractivity contribution >= 4 is 28.9 Å². The van der Waals surface area contributed by atoms with E-state index >= 15 is 0 Å². The first-order chi connectivity index (χ1) is 16.1. The lowest BCUT2D eigenvalue weighted by Crippen LogP contribution is -2.58.